The van der Waals surface area contributed by atoms with Crippen LogP contribution in [0.25, 0.3) is 0 Å². The Hall–Kier alpha value is -1.93. The van der Waals surface area contributed by atoms with Gasteiger partial charge >= 0.3 is 0 Å². The average Bonchev–Trinajstić information content (AvgIpc) is 2.71. The van der Waals surface area contributed by atoms with E-state index in [0.29, 0.717) is 17.0 Å². The van der Waals surface area contributed by atoms with Crippen molar-refractivity contribution in [3.8, 4) is 0 Å². The average molecular weight is 313 g/mol. The summed E-state index contributed by atoms with van der Waals surface area (Å²) in [6.45, 7) is 4.97. The number of sulfonamides is 1. The number of hydrogen-bond donors (Lipinski definition) is 2. The van der Waals surface area contributed by atoms with E-state index in [1.54, 1.807) is 13.8 Å². The lowest BCUT2D eigenvalue weighted by Crippen LogP contribution is -2.24. The number of benzene rings is 1. The van der Waals surface area contributed by atoms with E-state index < -0.39 is 15.8 Å². The van der Waals surface area contributed by atoms with Gasteiger partial charge in [0.15, 0.2) is 0 Å². The van der Waals surface area contributed by atoms with Crippen molar-refractivity contribution >= 4 is 15.7 Å². The van der Waals surface area contributed by atoms with Gasteiger partial charge in [0.1, 0.15) is 11.6 Å². The third kappa shape index (κ3) is 3.06. The largest absolute Gasteiger partial charge is 0.396 e. The summed E-state index contributed by atoms with van der Waals surface area (Å²) in [4.78, 5) is -0.0480. The lowest BCUT2D eigenvalue weighted by molar-refractivity contribution is 0.392. The second kappa shape index (κ2) is 5.45. The van der Waals surface area contributed by atoms with Crippen molar-refractivity contribution in [1.29, 1.82) is 0 Å². The molecule has 2 rings (SSSR count). The fraction of sp³-hybridized carbons (Fsp3) is 0.308. The summed E-state index contributed by atoms with van der Waals surface area (Å²) in [6, 6.07) is 2.21. The molecule has 1 heterocycles. The molecule has 0 radical (unpaired) electrons. The highest BCUT2D eigenvalue weighted by Gasteiger charge is 2.20. The molecule has 0 saturated carbocycles. The smallest absolute Gasteiger partial charge is 0.241 e. The minimum atomic E-state index is -3.81. The first-order chi connectivity index (χ1) is 9.72. The number of anilines is 1. The molecule has 0 saturated heterocycles. The monoisotopic (exact) mass is 313 g/mol. The minimum Gasteiger partial charge on any atom is -0.396 e. The zero-order valence-corrected chi connectivity index (χ0v) is 12.7. The van der Waals surface area contributed by atoms with Gasteiger partial charge in [-0.2, -0.15) is 0 Å². The van der Waals surface area contributed by atoms with Crippen LogP contribution in [-0.2, 0) is 16.6 Å². The molecule has 6 nitrogen and oxygen atoms in total. The molecule has 0 bridgehead atoms. The molecule has 0 fully saturated rings. The van der Waals surface area contributed by atoms with Crippen LogP contribution < -0.4 is 10.5 Å². The lowest BCUT2D eigenvalue weighted by Gasteiger charge is -2.10. The molecule has 0 spiro atoms. The topological polar surface area (TPSA) is 98.2 Å². The Morgan fingerprint density at radius 1 is 1.33 bits per heavy atom. The van der Waals surface area contributed by atoms with Gasteiger partial charge in [0, 0.05) is 12.1 Å². The maximum Gasteiger partial charge on any atom is 0.241 e. The number of nitrogens with one attached hydrogen (secondary N) is 1. The summed E-state index contributed by atoms with van der Waals surface area (Å²) in [5.41, 5.74) is 6.80. The molecule has 0 unspecified atom stereocenters. The summed E-state index contributed by atoms with van der Waals surface area (Å²) in [6.07, 6.45) is 0. The maximum atomic E-state index is 13.3. The number of nitrogen functional groups attached to an aromatic ring is 1. The predicted molar refractivity (Wildman–Crippen MR) is 75.6 cm³/mol. The van der Waals surface area contributed by atoms with Gasteiger partial charge in [0.05, 0.1) is 16.3 Å². The van der Waals surface area contributed by atoms with Gasteiger partial charge in [-0.25, -0.2) is 17.5 Å². The third-order valence-corrected chi connectivity index (χ3v) is 4.75. The number of nitrogens with zero attached hydrogens (tertiary/aromatic N) is 1. The number of aryl methyl sites for hydroxylation is 3. The fourth-order valence-electron chi connectivity index (χ4n) is 1.96. The SMILES string of the molecule is Cc1cc(F)c(N)cc1S(=O)(=O)NCc1c(C)noc1C. The van der Waals surface area contributed by atoms with E-state index in [1.165, 1.54) is 6.92 Å². The third-order valence-electron chi connectivity index (χ3n) is 3.20. The Bertz CT molecular complexity index is 765. The maximum absolute atomic E-state index is 13.3. The molecule has 0 aliphatic rings. The van der Waals surface area contributed by atoms with Crippen molar-refractivity contribution in [1.82, 2.24) is 9.88 Å². The van der Waals surface area contributed by atoms with E-state index in [9.17, 15) is 12.8 Å². The Balaban J connectivity index is 2.29. The Kier molecular flexibility index (Phi) is 4.02. The molecule has 0 amide bonds. The van der Waals surface area contributed by atoms with E-state index in [-0.39, 0.29) is 22.7 Å². The molecule has 2 aromatic rings. The molecule has 8 heteroatoms. The van der Waals surface area contributed by atoms with Crippen molar-refractivity contribution in [3.63, 3.8) is 0 Å². The quantitative estimate of drug-likeness (QED) is 0.839. The van der Waals surface area contributed by atoms with Crippen LogP contribution in [0.15, 0.2) is 21.6 Å². The molecule has 114 valence electrons. The van der Waals surface area contributed by atoms with Crippen LogP contribution in [0.1, 0.15) is 22.6 Å². The zero-order chi connectivity index (χ0) is 15.8. The first kappa shape index (κ1) is 15.5. The molecule has 0 atom stereocenters. The fourth-order valence-corrected chi connectivity index (χ4v) is 3.21. The molecule has 0 aliphatic carbocycles. The van der Waals surface area contributed by atoms with Crippen molar-refractivity contribution in [2.75, 3.05) is 5.73 Å². The van der Waals surface area contributed by atoms with E-state index in [2.05, 4.69) is 9.88 Å². The van der Waals surface area contributed by atoms with Gasteiger partial charge < -0.3 is 10.3 Å². The highest BCUT2D eigenvalue weighted by atomic mass is 32.2. The van der Waals surface area contributed by atoms with Gasteiger partial charge in [0.2, 0.25) is 10.0 Å². The number of nitrogens with two attached hydrogens (primary N) is 1. The van der Waals surface area contributed by atoms with Crippen LogP contribution in [0, 0.1) is 26.6 Å². The van der Waals surface area contributed by atoms with Crippen LogP contribution in [0.4, 0.5) is 10.1 Å². The van der Waals surface area contributed by atoms with Crippen LogP contribution in [0.5, 0.6) is 0 Å². The summed E-state index contributed by atoms with van der Waals surface area (Å²) in [5, 5.41) is 3.75. The van der Waals surface area contributed by atoms with E-state index in [4.69, 9.17) is 10.3 Å². The number of halogens is 1. The van der Waals surface area contributed by atoms with Gasteiger partial charge in [-0.15, -0.1) is 0 Å². The van der Waals surface area contributed by atoms with E-state index >= 15 is 0 Å². The standard InChI is InChI=1S/C13H16FN3O3S/c1-7-4-11(14)12(15)5-13(7)21(18,19)16-6-10-8(2)17-20-9(10)3/h4-5,16H,6,15H2,1-3H3. The molecule has 21 heavy (non-hydrogen) atoms. The van der Waals surface area contributed by atoms with Crippen LogP contribution in [0.2, 0.25) is 0 Å². The summed E-state index contributed by atoms with van der Waals surface area (Å²) < 4.78 is 45.3. The van der Waals surface area contributed by atoms with Crippen LogP contribution in [0.3, 0.4) is 0 Å². The van der Waals surface area contributed by atoms with Crippen molar-refractivity contribution in [3.05, 3.63) is 40.5 Å². The first-order valence-electron chi connectivity index (χ1n) is 6.19. The molecular formula is C13H16FN3O3S. The highest BCUT2D eigenvalue weighted by molar-refractivity contribution is 7.89. The second-order valence-corrected chi connectivity index (χ2v) is 6.50. The van der Waals surface area contributed by atoms with Gasteiger partial charge in [-0.3, -0.25) is 0 Å². The van der Waals surface area contributed by atoms with Crippen molar-refractivity contribution < 1.29 is 17.3 Å². The van der Waals surface area contributed by atoms with Gasteiger partial charge in [0.25, 0.3) is 0 Å². The summed E-state index contributed by atoms with van der Waals surface area (Å²) in [5.74, 6) is -0.0947. The lowest BCUT2D eigenvalue weighted by atomic mass is 10.2. The van der Waals surface area contributed by atoms with Crippen LogP contribution in [-0.4, -0.2) is 13.6 Å². The Morgan fingerprint density at radius 3 is 2.57 bits per heavy atom. The van der Waals surface area contributed by atoms with Crippen molar-refractivity contribution in [2.45, 2.75) is 32.2 Å². The zero-order valence-electron chi connectivity index (χ0n) is 11.9. The van der Waals surface area contributed by atoms with Gasteiger partial charge in [-0.1, -0.05) is 5.16 Å². The number of aromatic nitrogens is 1. The predicted octanol–water partition coefficient (Wildman–Crippen LogP) is 1.80. The normalized spacial score (nSPS) is 11.8. The van der Waals surface area contributed by atoms with E-state index in [1.807, 2.05) is 0 Å². The number of hydrogen-bond acceptors (Lipinski definition) is 5. The first-order valence-corrected chi connectivity index (χ1v) is 7.67. The Labute approximate surface area is 122 Å². The molecular weight excluding hydrogens is 297 g/mol. The summed E-state index contributed by atoms with van der Waals surface area (Å²) >= 11 is 0. The summed E-state index contributed by atoms with van der Waals surface area (Å²) in [7, 11) is -3.81. The number of rotatable bonds is 4. The van der Waals surface area contributed by atoms with Crippen molar-refractivity contribution in [2.24, 2.45) is 0 Å². The van der Waals surface area contributed by atoms with Crippen LogP contribution >= 0.6 is 0 Å². The molecule has 3 N–H and O–H groups in total. The second-order valence-electron chi connectivity index (χ2n) is 4.77. The molecule has 1 aromatic heterocycles. The van der Waals surface area contributed by atoms with E-state index in [0.717, 1.165) is 12.1 Å². The molecule has 1 aromatic carbocycles. The Morgan fingerprint density at radius 2 is 2.00 bits per heavy atom. The highest BCUT2D eigenvalue weighted by Crippen LogP contribution is 2.22. The minimum absolute atomic E-state index is 0.0419. The van der Waals surface area contributed by atoms with Gasteiger partial charge in [-0.05, 0) is 38.5 Å². The molecule has 0 aliphatic heterocycles.